The Kier molecular flexibility index (Phi) is 9.85. The summed E-state index contributed by atoms with van der Waals surface area (Å²) in [5.74, 6) is 0. The van der Waals surface area contributed by atoms with Crippen LogP contribution in [0.15, 0.2) is 0 Å². The predicted octanol–water partition coefficient (Wildman–Crippen LogP) is 2.56. The fourth-order valence-corrected chi connectivity index (χ4v) is 13.0. The molecule has 1 aliphatic heterocycles. The predicted molar refractivity (Wildman–Crippen MR) is 102 cm³/mol. The van der Waals surface area contributed by atoms with Crippen LogP contribution in [0.3, 0.4) is 0 Å². The number of epoxide rings is 1. The van der Waals surface area contributed by atoms with E-state index in [0.29, 0.717) is 19.3 Å². The Morgan fingerprint density at radius 2 is 1.83 bits per heavy atom. The van der Waals surface area contributed by atoms with E-state index in [1.807, 2.05) is 0 Å². The van der Waals surface area contributed by atoms with Gasteiger partial charge in [-0.2, -0.15) is 0 Å². The SMILES string of the molecule is CCC(O[Si](CCCOCC1CO1)(OC)OC)[Si](C)(C)O[SiH](C)C. The van der Waals surface area contributed by atoms with Gasteiger partial charge >= 0.3 is 8.80 Å². The molecule has 0 N–H and O–H groups in total. The van der Waals surface area contributed by atoms with Crippen LogP contribution in [0.25, 0.3) is 0 Å². The van der Waals surface area contributed by atoms with Crippen LogP contribution in [-0.2, 0) is 26.9 Å². The van der Waals surface area contributed by atoms with Crippen molar-refractivity contribution in [2.24, 2.45) is 0 Å². The minimum absolute atomic E-state index is 0.0831. The van der Waals surface area contributed by atoms with Crippen molar-refractivity contribution < 1.29 is 26.9 Å². The van der Waals surface area contributed by atoms with Crippen molar-refractivity contribution in [3.05, 3.63) is 0 Å². The Labute approximate surface area is 151 Å². The topological polar surface area (TPSA) is 58.7 Å². The lowest BCUT2D eigenvalue weighted by Gasteiger charge is -2.38. The van der Waals surface area contributed by atoms with Crippen molar-refractivity contribution >= 4 is 26.2 Å². The maximum atomic E-state index is 6.46. The molecule has 0 spiro atoms. The highest BCUT2D eigenvalue weighted by molar-refractivity contribution is 6.79. The number of rotatable bonds is 14. The molecule has 0 bridgehead atoms. The Balaban J connectivity index is 2.55. The second kappa shape index (κ2) is 10.5. The highest BCUT2D eigenvalue weighted by Crippen LogP contribution is 2.26. The quantitative estimate of drug-likeness (QED) is 0.255. The molecule has 9 heteroatoms. The summed E-state index contributed by atoms with van der Waals surface area (Å²) in [7, 11) is -2.35. The molecule has 2 atom stereocenters. The van der Waals surface area contributed by atoms with Gasteiger partial charge in [-0.25, -0.2) is 0 Å². The average molecular weight is 397 g/mol. The van der Waals surface area contributed by atoms with Crippen molar-refractivity contribution in [2.45, 2.75) is 63.8 Å². The molecule has 1 saturated heterocycles. The zero-order valence-corrected chi connectivity index (χ0v) is 19.6. The van der Waals surface area contributed by atoms with Gasteiger partial charge in [0.15, 0.2) is 9.04 Å². The highest BCUT2D eigenvalue weighted by Gasteiger charge is 2.46. The molecule has 144 valence electrons. The van der Waals surface area contributed by atoms with E-state index in [2.05, 4.69) is 33.1 Å². The monoisotopic (exact) mass is 396 g/mol. The van der Waals surface area contributed by atoms with Crippen molar-refractivity contribution in [1.29, 1.82) is 0 Å². The van der Waals surface area contributed by atoms with Crippen LogP contribution in [0.4, 0.5) is 0 Å². The second-order valence-corrected chi connectivity index (χ2v) is 16.8. The van der Waals surface area contributed by atoms with Gasteiger partial charge in [-0.05, 0) is 39.0 Å². The lowest BCUT2D eigenvalue weighted by molar-refractivity contribution is 0.0684. The average Bonchev–Trinajstić information content (AvgIpc) is 3.33. The van der Waals surface area contributed by atoms with Crippen LogP contribution in [0.5, 0.6) is 0 Å². The Bertz CT molecular complexity index is 348. The Morgan fingerprint density at radius 3 is 2.29 bits per heavy atom. The largest absolute Gasteiger partial charge is 0.500 e. The van der Waals surface area contributed by atoms with E-state index in [9.17, 15) is 0 Å². The van der Waals surface area contributed by atoms with Crippen molar-refractivity contribution in [1.82, 2.24) is 0 Å². The van der Waals surface area contributed by atoms with Crippen LogP contribution in [0, 0.1) is 0 Å². The minimum Gasteiger partial charge on any atom is -0.457 e. The Morgan fingerprint density at radius 1 is 1.21 bits per heavy atom. The third-order valence-corrected chi connectivity index (χ3v) is 13.6. The molecular formula is C15H36O6Si3. The first-order valence-electron chi connectivity index (χ1n) is 8.93. The molecule has 0 amide bonds. The molecule has 1 rings (SSSR count). The summed E-state index contributed by atoms with van der Waals surface area (Å²) in [5, 5.41) is 0. The number of hydrogen-bond acceptors (Lipinski definition) is 6. The summed E-state index contributed by atoms with van der Waals surface area (Å²) in [6.07, 6.45) is 2.08. The van der Waals surface area contributed by atoms with Gasteiger partial charge in [-0.15, -0.1) is 0 Å². The fraction of sp³-hybridized carbons (Fsp3) is 1.00. The van der Waals surface area contributed by atoms with Crippen molar-refractivity contribution in [2.75, 3.05) is 34.0 Å². The lowest BCUT2D eigenvalue weighted by Crippen LogP contribution is -2.56. The lowest BCUT2D eigenvalue weighted by atomic mass is 10.5. The van der Waals surface area contributed by atoms with Gasteiger partial charge in [0.2, 0.25) is 8.32 Å². The third kappa shape index (κ3) is 7.75. The van der Waals surface area contributed by atoms with E-state index in [0.717, 1.165) is 25.5 Å². The zero-order chi connectivity index (χ0) is 18.2. The molecule has 0 radical (unpaired) electrons. The molecular weight excluding hydrogens is 360 g/mol. The minimum atomic E-state index is -2.69. The molecule has 0 aromatic carbocycles. The molecule has 24 heavy (non-hydrogen) atoms. The van der Waals surface area contributed by atoms with Crippen molar-refractivity contribution in [3.63, 3.8) is 0 Å². The summed E-state index contributed by atoms with van der Waals surface area (Å²) >= 11 is 0. The maximum Gasteiger partial charge on any atom is 0.500 e. The fourth-order valence-electron chi connectivity index (χ4n) is 2.83. The third-order valence-electron chi connectivity index (χ3n) is 4.11. The Hall–Kier alpha value is 0.411. The van der Waals surface area contributed by atoms with E-state index >= 15 is 0 Å². The normalized spacial score (nSPS) is 19.8. The van der Waals surface area contributed by atoms with Gasteiger partial charge in [0.1, 0.15) is 6.10 Å². The molecule has 0 aliphatic carbocycles. The molecule has 0 saturated carbocycles. The van der Waals surface area contributed by atoms with Crippen LogP contribution < -0.4 is 0 Å². The van der Waals surface area contributed by atoms with Gasteiger partial charge in [0.05, 0.1) is 18.9 Å². The first-order chi connectivity index (χ1) is 11.3. The van der Waals surface area contributed by atoms with Gasteiger partial charge in [-0.3, -0.25) is 0 Å². The second-order valence-electron chi connectivity index (χ2n) is 7.01. The van der Waals surface area contributed by atoms with E-state index in [1.54, 1.807) is 14.2 Å². The summed E-state index contributed by atoms with van der Waals surface area (Å²) < 4.78 is 35.0. The van der Waals surface area contributed by atoms with Crippen LogP contribution in [-0.4, -0.2) is 72.0 Å². The standard InChI is InChI=1S/C15H36O6Si3/c1-8-15(23(6,7)21-22(4)5)20-24(16-2,17-3)11-9-10-18-12-14-13-19-14/h14-15,22H,8-13H2,1-7H3. The summed E-state index contributed by atoms with van der Waals surface area (Å²) in [6.45, 7) is 13.2. The van der Waals surface area contributed by atoms with Crippen LogP contribution in [0.2, 0.25) is 32.2 Å². The smallest absolute Gasteiger partial charge is 0.457 e. The van der Waals surface area contributed by atoms with Gasteiger partial charge in [0, 0.05) is 26.9 Å². The van der Waals surface area contributed by atoms with E-state index < -0.39 is 26.2 Å². The van der Waals surface area contributed by atoms with E-state index in [-0.39, 0.29) is 5.73 Å². The van der Waals surface area contributed by atoms with Gasteiger partial charge < -0.3 is 26.9 Å². The molecule has 1 aliphatic rings. The molecule has 0 aromatic rings. The zero-order valence-electron chi connectivity index (χ0n) is 16.4. The first-order valence-corrected chi connectivity index (χ1v) is 16.6. The maximum absolute atomic E-state index is 6.46. The first kappa shape index (κ1) is 22.5. The number of ether oxygens (including phenoxy) is 2. The summed E-state index contributed by atoms with van der Waals surface area (Å²) in [5.41, 5.74) is 0.0831. The van der Waals surface area contributed by atoms with Gasteiger partial charge in [-0.1, -0.05) is 6.92 Å². The summed E-state index contributed by atoms with van der Waals surface area (Å²) in [6, 6.07) is 0.756. The molecule has 1 fully saturated rings. The molecule has 1 heterocycles. The van der Waals surface area contributed by atoms with E-state index in [1.165, 1.54) is 0 Å². The summed E-state index contributed by atoms with van der Waals surface area (Å²) in [4.78, 5) is 0. The molecule has 0 aromatic heterocycles. The number of hydrogen-bond donors (Lipinski definition) is 0. The van der Waals surface area contributed by atoms with Crippen LogP contribution >= 0.6 is 0 Å². The van der Waals surface area contributed by atoms with Crippen molar-refractivity contribution in [3.8, 4) is 0 Å². The highest BCUT2D eigenvalue weighted by atomic mass is 28.4. The molecule has 2 unspecified atom stereocenters. The van der Waals surface area contributed by atoms with Crippen LogP contribution in [0.1, 0.15) is 19.8 Å². The molecule has 6 nitrogen and oxygen atoms in total. The van der Waals surface area contributed by atoms with E-state index in [4.69, 9.17) is 26.9 Å². The van der Waals surface area contributed by atoms with Gasteiger partial charge in [0.25, 0.3) is 0 Å².